The van der Waals surface area contributed by atoms with Gasteiger partial charge in [-0.05, 0) is 13.1 Å². The van der Waals surface area contributed by atoms with Gasteiger partial charge in [0.15, 0.2) is 0 Å². The van der Waals surface area contributed by atoms with Gasteiger partial charge in [0, 0.05) is 0 Å². The fourth-order valence-corrected chi connectivity index (χ4v) is 0.905. The zero-order valence-electron chi connectivity index (χ0n) is 6.04. The maximum absolute atomic E-state index is 10.7. The van der Waals surface area contributed by atoms with Gasteiger partial charge in [0.2, 0.25) is 0 Å². The van der Waals surface area contributed by atoms with E-state index < -0.39 is 0 Å². The number of rotatable bonds is 1. The second-order valence-corrected chi connectivity index (χ2v) is 2.17. The lowest BCUT2D eigenvalue weighted by Crippen LogP contribution is -2.35. The lowest BCUT2D eigenvalue weighted by molar-refractivity contribution is -0.148. The van der Waals surface area contributed by atoms with Gasteiger partial charge in [-0.1, -0.05) is 6.08 Å². The average Bonchev–Trinajstić information content (AvgIpc) is 1.88. The second-order valence-electron chi connectivity index (χ2n) is 2.17. The van der Waals surface area contributed by atoms with Crippen molar-refractivity contribution in [2.45, 2.75) is 6.92 Å². The Balaban J connectivity index is 2.39. The van der Waals surface area contributed by atoms with Crippen molar-refractivity contribution in [3.63, 3.8) is 0 Å². The zero-order chi connectivity index (χ0) is 7.40. The van der Waals surface area contributed by atoms with E-state index in [1.54, 1.807) is 0 Å². The summed E-state index contributed by atoms with van der Waals surface area (Å²) >= 11 is 0. The standard InChI is InChI=1S/C7H11NO2/c1-2-3-8-4-5-10-7(9)6-8/h2-3H,4-6H2,1H3. The number of hydrogen-bond donors (Lipinski definition) is 0. The highest BCUT2D eigenvalue weighted by atomic mass is 16.5. The summed E-state index contributed by atoms with van der Waals surface area (Å²) in [5.41, 5.74) is 0. The maximum atomic E-state index is 10.7. The molecule has 10 heavy (non-hydrogen) atoms. The molecule has 1 aliphatic rings. The van der Waals surface area contributed by atoms with Crippen LogP contribution in [-0.4, -0.2) is 30.6 Å². The van der Waals surface area contributed by atoms with Gasteiger partial charge in [0.25, 0.3) is 0 Å². The monoisotopic (exact) mass is 141 g/mol. The molecule has 3 heteroatoms. The summed E-state index contributed by atoms with van der Waals surface area (Å²) in [6.07, 6.45) is 3.82. The molecule has 1 saturated heterocycles. The Morgan fingerprint density at radius 1 is 1.70 bits per heavy atom. The minimum atomic E-state index is -0.135. The van der Waals surface area contributed by atoms with Crippen LogP contribution in [0.25, 0.3) is 0 Å². The third-order valence-corrected chi connectivity index (χ3v) is 1.33. The number of ether oxygens (including phenoxy) is 1. The highest BCUT2D eigenvalue weighted by molar-refractivity contribution is 5.72. The molecular formula is C7H11NO2. The number of morpholine rings is 1. The Bertz CT molecular complexity index is 154. The van der Waals surface area contributed by atoms with Crippen LogP contribution in [0.1, 0.15) is 6.92 Å². The summed E-state index contributed by atoms with van der Waals surface area (Å²) in [7, 11) is 0. The summed E-state index contributed by atoms with van der Waals surface area (Å²) in [5.74, 6) is -0.135. The van der Waals surface area contributed by atoms with Gasteiger partial charge in [-0.25, -0.2) is 0 Å². The molecule has 0 bridgehead atoms. The first-order chi connectivity index (χ1) is 4.83. The Morgan fingerprint density at radius 2 is 2.50 bits per heavy atom. The Morgan fingerprint density at radius 3 is 3.10 bits per heavy atom. The van der Waals surface area contributed by atoms with Crippen LogP contribution in [0.2, 0.25) is 0 Å². The topological polar surface area (TPSA) is 29.5 Å². The molecule has 1 aliphatic heterocycles. The van der Waals surface area contributed by atoms with Gasteiger partial charge in [-0.3, -0.25) is 4.79 Å². The lowest BCUT2D eigenvalue weighted by Gasteiger charge is -2.23. The van der Waals surface area contributed by atoms with Crippen LogP contribution in [0.3, 0.4) is 0 Å². The number of allylic oxidation sites excluding steroid dienone is 1. The number of cyclic esters (lactones) is 1. The van der Waals surface area contributed by atoms with Crippen LogP contribution >= 0.6 is 0 Å². The van der Waals surface area contributed by atoms with Crippen molar-refractivity contribution in [2.75, 3.05) is 19.7 Å². The summed E-state index contributed by atoms with van der Waals surface area (Å²) < 4.78 is 4.74. The molecule has 1 rings (SSSR count). The van der Waals surface area contributed by atoms with E-state index in [9.17, 15) is 4.79 Å². The van der Waals surface area contributed by atoms with Crippen molar-refractivity contribution in [1.29, 1.82) is 0 Å². The van der Waals surface area contributed by atoms with Crippen molar-refractivity contribution >= 4 is 5.97 Å². The van der Waals surface area contributed by atoms with Crippen LogP contribution in [0.4, 0.5) is 0 Å². The predicted octanol–water partition coefficient (Wildman–Crippen LogP) is 0.379. The number of nitrogens with zero attached hydrogens (tertiary/aromatic N) is 1. The minimum Gasteiger partial charge on any atom is -0.462 e. The quantitative estimate of drug-likeness (QED) is 0.494. The summed E-state index contributed by atoms with van der Waals surface area (Å²) in [5, 5.41) is 0. The molecule has 56 valence electrons. The Hall–Kier alpha value is -0.990. The fraction of sp³-hybridized carbons (Fsp3) is 0.571. The molecule has 0 aromatic heterocycles. The van der Waals surface area contributed by atoms with Crippen LogP contribution < -0.4 is 0 Å². The van der Waals surface area contributed by atoms with E-state index in [-0.39, 0.29) is 5.97 Å². The molecule has 0 N–H and O–H groups in total. The number of carbonyl (C=O) groups excluding carboxylic acids is 1. The molecule has 0 saturated carbocycles. The largest absolute Gasteiger partial charge is 0.462 e. The van der Waals surface area contributed by atoms with Gasteiger partial charge in [0.1, 0.15) is 13.2 Å². The molecule has 0 atom stereocenters. The summed E-state index contributed by atoms with van der Waals surface area (Å²) in [6.45, 7) is 3.66. The first-order valence-corrected chi connectivity index (χ1v) is 3.35. The number of carbonyl (C=O) groups is 1. The summed E-state index contributed by atoms with van der Waals surface area (Å²) in [6, 6.07) is 0. The molecule has 0 aromatic rings. The maximum Gasteiger partial charge on any atom is 0.325 e. The molecule has 0 unspecified atom stereocenters. The SMILES string of the molecule is CC=CN1CCOC(=O)C1. The van der Waals surface area contributed by atoms with Crippen molar-refractivity contribution < 1.29 is 9.53 Å². The highest BCUT2D eigenvalue weighted by Gasteiger charge is 2.13. The Labute approximate surface area is 60.3 Å². The van der Waals surface area contributed by atoms with Gasteiger partial charge in [-0.15, -0.1) is 0 Å². The van der Waals surface area contributed by atoms with Gasteiger partial charge >= 0.3 is 5.97 Å². The average molecular weight is 141 g/mol. The molecule has 0 radical (unpaired) electrons. The molecule has 0 spiro atoms. The van der Waals surface area contributed by atoms with Crippen molar-refractivity contribution in [3.05, 3.63) is 12.3 Å². The zero-order valence-corrected chi connectivity index (χ0v) is 6.04. The van der Waals surface area contributed by atoms with Gasteiger partial charge in [0.05, 0.1) is 6.54 Å². The first kappa shape index (κ1) is 7.12. The highest BCUT2D eigenvalue weighted by Crippen LogP contribution is 1.97. The van der Waals surface area contributed by atoms with E-state index in [4.69, 9.17) is 4.74 Å². The summed E-state index contributed by atoms with van der Waals surface area (Å²) in [4.78, 5) is 12.6. The molecule has 1 fully saturated rings. The van der Waals surface area contributed by atoms with E-state index in [0.717, 1.165) is 6.54 Å². The molecule has 0 aromatic carbocycles. The lowest BCUT2D eigenvalue weighted by atomic mass is 10.4. The predicted molar refractivity (Wildman–Crippen MR) is 37.3 cm³/mol. The van der Waals surface area contributed by atoms with Crippen LogP contribution in [0, 0.1) is 0 Å². The third kappa shape index (κ3) is 1.76. The molecular weight excluding hydrogens is 130 g/mol. The fourth-order valence-electron chi connectivity index (χ4n) is 0.905. The first-order valence-electron chi connectivity index (χ1n) is 3.35. The van der Waals surface area contributed by atoms with Crippen molar-refractivity contribution in [1.82, 2.24) is 4.90 Å². The van der Waals surface area contributed by atoms with Gasteiger partial charge in [-0.2, -0.15) is 0 Å². The van der Waals surface area contributed by atoms with E-state index in [0.29, 0.717) is 13.2 Å². The molecule has 3 nitrogen and oxygen atoms in total. The normalized spacial score (nSPS) is 19.7. The van der Waals surface area contributed by atoms with E-state index >= 15 is 0 Å². The smallest absolute Gasteiger partial charge is 0.325 e. The molecule has 0 aliphatic carbocycles. The van der Waals surface area contributed by atoms with Gasteiger partial charge < -0.3 is 9.64 Å². The van der Waals surface area contributed by atoms with E-state index in [1.165, 1.54) is 0 Å². The van der Waals surface area contributed by atoms with Crippen LogP contribution in [0.15, 0.2) is 12.3 Å². The number of hydrogen-bond acceptors (Lipinski definition) is 3. The van der Waals surface area contributed by atoms with Crippen LogP contribution in [0.5, 0.6) is 0 Å². The third-order valence-electron chi connectivity index (χ3n) is 1.33. The number of esters is 1. The van der Waals surface area contributed by atoms with Crippen molar-refractivity contribution in [2.24, 2.45) is 0 Å². The Kier molecular flexibility index (Phi) is 2.31. The van der Waals surface area contributed by atoms with Crippen molar-refractivity contribution in [3.8, 4) is 0 Å². The second kappa shape index (κ2) is 3.25. The van der Waals surface area contributed by atoms with E-state index in [2.05, 4.69) is 0 Å². The minimum absolute atomic E-state index is 0.135. The van der Waals surface area contributed by atoms with Crippen LogP contribution in [-0.2, 0) is 9.53 Å². The molecule has 0 amide bonds. The van der Waals surface area contributed by atoms with E-state index in [1.807, 2.05) is 24.1 Å². The molecule has 1 heterocycles.